The van der Waals surface area contributed by atoms with Crippen LogP contribution in [0, 0.1) is 5.41 Å². The SMILES string of the molecule is COc1cnn(C(C)C)c1CCC(Cl)C(C)(C)C. The van der Waals surface area contributed by atoms with Crippen molar-refractivity contribution in [2.75, 3.05) is 7.11 Å². The summed E-state index contributed by atoms with van der Waals surface area (Å²) in [5.41, 5.74) is 1.26. The van der Waals surface area contributed by atoms with Crippen molar-refractivity contribution in [3.05, 3.63) is 11.9 Å². The molecule has 0 amide bonds. The van der Waals surface area contributed by atoms with Gasteiger partial charge in [0.25, 0.3) is 0 Å². The summed E-state index contributed by atoms with van der Waals surface area (Å²) in [4.78, 5) is 0. The summed E-state index contributed by atoms with van der Waals surface area (Å²) >= 11 is 6.43. The lowest BCUT2D eigenvalue weighted by Crippen LogP contribution is -2.22. The number of hydrogen-bond donors (Lipinski definition) is 0. The highest BCUT2D eigenvalue weighted by Gasteiger charge is 2.23. The molecule has 1 aromatic rings. The first-order valence-electron chi connectivity index (χ1n) is 6.51. The molecule has 0 aliphatic rings. The monoisotopic (exact) mass is 272 g/mol. The first-order chi connectivity index (χ1) is 8.27. The van der Waals surface area contributed by atoms with Gasteiger partial charge in [-0.3, -0.25) is 4.68 Å². The Morgan fingerprint density at radius 2 is 2.00 bits per heavy atom. The molecule has 1 unspecified atom stereocenters. The van der Waals surface area contributed by atoms with Crippen molar-refractivity contribution in [2.24, 2.45) is 5.41 Å². The van der Waals surface area contributed by atoms with Crippen molar-refractivity contribution in [2.45, 2.75) is 58.9 Å². The molecule has 0 aliphatic carbocycles. The first kappa shape index (κ1) is 15.4. The first-order valence-corrected chi connectivity index (χ1v) is 6.95. The molecule has 0 N–H and O–H groups in total. The van der Waals surface area contributed by atoms with Gasteiger partial charge in [0, 0.05) is 11.4 Å². The molecule has 0 spiro atoms. The molecule has 0 aliphatic heterocycles. The van der Waals surface area contributed by atoms with Crippen LogP contribution < -0.4 is 4.74 Å². The van der Waals surface area contributed by atoms with Crippen LogP contribution in [0.15, 0.2) is 6.20 Å². The molecule has 1 atom stereocenters. The highest BCUT2D eigenvalue weighted by molar-refractivity contribution is 6.21. The van der Waals surface area contributed by atoms with E-state index in [1.54, 1.807) is 13.3 Å². The van der Waals surface area contributed by atoms with Gasteiger partial charge < -0.3 is 4.74 Å². The third-order valence-corrected chi connectivity index (χ3v) is 4.02. The molecule has 104 valence electrons. The number of rotatable bonds is 5. The van der Waals surface area contributed by atoms with Gasteiger partial charge in [-0.15, -0.1) is 11.6 Å². The second-order valence-corrected chi connectivity index (χ2v) is 6.60. The van der Waals surface area contributed by atoms with Crippen LogP contribution in [0.25, 0.3) is 0 Å². The number of alkyl halides is 1. The van der Waals surface area contributed by atoms with Crippen molar-refractivity contribution in [1.29, 1.82) is 0 Å². The Bertz CT molecular complexity index is 380. The van der Waals surface area contributed by atoms with Crippen molar-refractivity contribution in [1.82, 2.24) is 9.78 Å². The van der Waals surface area contributed by atoms with E-state index < -0.39 is 0 Å². The van der Waals surface area contributed by atoms with E-state index in [9.17, 15) is 0 Å². The van der Waals surface area contributed by atoms with Gasteiger partial charge in [-0.05, 0) is 32.1 Å². The van der Waals surface area contributed by atoms with Crippen LogP contribution in [0.2, 0.25) is 0 Å². The van der Waals surface area contributed by atoms with Crippen LogP contribution in [-0.2, 0) is 6.42 Å². The normalized spacial score (nSPS) is 14.0. The predicted octanol–water partition coefficient (Wildman–Crippen LogP) is 4.06. The third kappa shape index (κ3) is 3.64. The zero-order valence-electron chi connectivity index (χ0n) is 12.3. The number of methoxy groups -OCH3 is 1. The molecule has 3 nitrogen and oxygen atoms in total. The minimum atomic E-state index is 0.122. The molecule has 4 heteroatoms. The zero-order chi connectivity index (χ0) is 13.9. The third-order valence-electron chi connectivity index (χ3n) is 3.14. The molecule has 0 aromatic carbocycles. The quantitative estimate of drug-likeness (QED) is 0.756. The summed E-state index contributed by atoms with van der Waals surface area (Å²) < 4.78 is 7.39. The summed E-state index contributed by atoms with van der Waals surface area (Å²) in [5, 5.41) is 4.53. The van der Waals surface area contributed by atoms with Gasteiger partial charge in [-0.25, -0.2) is 0 Å². The van der Waals surface area contributed by atoms with E-state index in [0.717, 1.165) is 24.3 Å². The molecule has 1 aromatic heterocycles. The molecule has 1 rings (SSSR count). The Labute approximate surface area is 115 Å². The van der Waals surface area contributed by atoms with E-state index >= 15 is 0 Å². The Morgan fingerprint density at radius 3 is 2.44 bits per heavy atom. The summed E-state index contributed by atoms with van der Waals surface area (Å²) in [7, 11) is 1.69. The minimum Gasteiger partial charge on any atom is -0.493 e. The molecule has 0 saturated carbocycles. The number of halogens is 1. The maximum absolute atomic E-state index is 6.43. The lowest BCUT2D eigenvalue weighted by Gasteiger charge is -2.25. The maximum atomic E-state index is 6.43. The number of hydrogen-bond acceptors (Lipinski definition) is 2. The van der Waals surface area contributed by atoms with Crippen molar-refractivity contribution < 1.29 is 4.74 Å². The van der Waals surface area contributed by atoms with Crippen LogP contribution in [0.5, 0.6) is 5.75 Å². The summed E-state index contributed by atoms with van der Waals surface area (Å²) in [6.45, 7) is 10.8. The minimum absolute atomic E-state index is 0.122. The van der Waals surface area contributed by atoms with Gasteiger partial charge in [0.2, 0.25) is 0 Å². The van der Waals surface area contributed by atoms with E-state index in [2.05, 4.69) is 39.7 Å². The van der Waals surface area contributed by atoms with Crippen LogP contribution >= 0.6 is 11.6 Å². The Hall–Kier alpha value is -0.700. The number of ether oxygens (including phenoxy) is 1. The average molecular weight is 273 g/mol. The van der Waals surface area contributed by atoms with E-state index in [4.69, 9.17) is 16.3 Å². The summed E-state index contributed by atoms with van der Waals surface area (Å²) in [6.07, 6.45) is 3.61. The van der Waals surface area contributed by atoms with Gasteiger partial charge in [-0.1, -0.05) is 20.8 Å². The van der Waals surface area contributed by atoms with Crippen LogP contribution in [-0.4, -0.2) is 22.3 Å². The van der Waals surface area contributed by atoms with Crippen LogP contribution in [0.1, 0.15) is 52.8 Å². The maximum Gasteiger partial charge on any atom is 0.159 e. The zero-order valence-corrected chi connectivity index (χ0v) is 13.1. The molecule has 0 bridgehead atoms. The predicted molar refractivity (Wildman–Crippen MR) is 76.6 cm³/mol. The average Bonchev–Trinajstić information content (AvgIpc) is 2.67. The second-order valence-electron chi connectivity index (χ2n) is 6.07. The van der Waals surface area contributed by atoms with Crippen LogP contribution in [0.3, 0.4) is 0 Å². The van der Waals surface area contributed by atoms with Gasteiger partial charge in [-0.2, -0.15) is 5.10 Å². The van der Waals surface area contributed by atoms with Crippen molar-refractivity contribution in [3.8, 4) is 5.75 Å². The molecular formula is C14H25ClN2O. The lowest BCUT2D eigenvalue weighted by atomic mass is 9.89. The smallest absolute Gasteiger partial charge is 0.159 e. The molecular weight excluding hydrogens is 248 g/mol. The van der Waals surface area contributed by atoms with Crippen LogP contribution in [0.4, 0.5) is 0 Å². The van der Waals surface area contributed by atoms with Gasteiger partial charge in [0.05, 0.1) is 19.0 Å². The number of aromatic nitrogens is 2. The Kier molecular flexibility index (Phi) is 5.09. The fourth-order valence-electron chi connectivity index (χ4n) is 1.92. The molecule has 0 saturated heterocycles. The topological polar surface area (TPSA) is 27.1 Å². The highest BCUT2D eigenvalue weighted by Crippen LogP contribution is 2.30. The molecule has 18 heavy (non-hydrogen) atoms. The second kappa shape index (κ2) is 5.96. The molecule has 0 radical (unpaired) electrons. The standard InChI is InChI=1S/C14H25ClN2O/c1-10(2)17-11(12(18-6)9-16-17)7-8-13(15)14(3,4)5/h9-10,13H,7-8H2,1-6H3. The van der Waals surface area contributed by atoms with E-state index in [0.29, 0.717) is 6.04 Å². The highest BCUT2D eigenvalue weighted by atomic mass is 35.5. The summed E-state index contributed by atoms with van der Waals surface area (Å²) in [6, 6.07) is 0.340. The molecule has 1 heterocycles. The van der Waals surface area contributed by atoms with E-state index in [-0.39, 0.29) is 10.8 Å². The van der Waals surface area contributed by atoms with Gasteiger partial charge in [0.15, 0.2) is 5.75 Å². The summed E-state index contributed by atoms with van der Waals surface area (Å²) in [5.74, 6) is 0.862. The largest absolute Gasteiger partial charge is 0.493 e. The van der Waals surface area contributed by atoms with Gasteiger partial charge in [0.1, 0.15) is 0 Å². The lowest BCUT2D eigenvalue weighted by molar-refractivity contribution is 0.364. The van der Waals surface area contributed by atoms with Crippen molar-refractivity contribution >= 4 is 11.6 Å². The van der Waals surface area contributed by atoms with E-state index in [1.165, 1.54) is 0 Å². The fraction of sp³-hybridized carbons (Fsp3) is 0.786. The van der Waals surface area contributed by atoms with Gasteiger partial charge >= 0.3 is 0 Å². The van der Waals surface area contributed by atoms with Crippen molar-refractivity contribution in [3.63, 3.8) is 0 Å². The molecule has 0 fully saturated rings. The Morgan fingerprint density at radius 1 is 1.39 bits per heavy atom. The van der Waals surface area contributed by atoms with E-state index in [1.807, 2.05) is 4.68 Å². The fourth-order valence-corrected chi connectivity index (χ4v) is 2.03. The Balaban J connectivity index is 2.80. The number of nitrogens with zero attached hydrogens (tertiary/aromatic N) is 2.